The highest BCUT2D eigenvalue weighted by atomic mass is 16.5. The summed E-state index contributed by atoms with van der Waals surface area (Å²) in [6.07, 6.45) is 0.159. The van der Waals surface area contributed by atoms with Gasteiger partial charge in [-0.3, -0.25) is 4.79 Å². The molecule has 1 aromatic rings. The quantitative estimate of drug-likeness (QED) is 0.813. The lowest BCUT2D eigenvalue weighted by Gasteiger charge is -2.13. The minimum absolute atomic E-state index is 0.159. The molecule has 0 aliphatic heterocycles. The summed E-state index contributed by atoms with van der Waals surface area (Å²) in [5.74, 6) is -0.0576. The summed E-state index contributed by atoms with van der Waals surface area (Å²) in [7, 11) is 2.84. The standard InChI is InChI=1S/C14H19NO4/c1-9-5-6-12(18-3)11(7-9)8-13(16)15-10(2)14(17)19-4/h5-7,10H,8H2,1-4H3,(H,15,16). The molecular weight excluding hydrogens is 246 g/mol. The van der Waals surface area contributed by atoms with E-state index in [-0.39, 0.29) is 12.3 Å². The van der Waals surface area contributed by atoms with Crippen LogP contribution >= 0.6 is 0 Å². The van der Waals surface area contributed by atoms with Crippen LogP contribution in [0.2, 0.25) is 0 Å². The molecule has 19 heavy (non-hydrogen) atoms. The summed E-state index contributed by atoms with van der Waals surface area (Å²) in [5, 5.41) is 2.58. The number of hydrogen-bond acceptors (Lipinski definition) is 4. The van der Waals surface area contributed by atoms with Crippen LogP contribution in [0, 0.1) is 6.92 Å². The number of ether oxygens (including phenoxy) is 2. The molecule has 0 aliphatic carbocycles. The van der Waals surface area contributed by atoms with Crippen molar-refractivity contribution in [1.82, 2.24) is 5.32 Å². The molecule has 0 aliphatic rings. The molecule has 1 atom stereocenters. The van der Waals surface area contributed by atoms with E-state index >= 15 is 0 Å². The molecular formula is C14H19NO4. The molecule has 0 radical (unpaired) electrons. The predicted molar refractivity (Wildman–Crippen MR) is 71.1 cm³/mol. The maximum atomic E-state index is 11.8. The highest BCUT2D eigenvalue weighted by molar-refractivity contribution is 5.85. The van der Waals surface area contributed by atoms with Gasteiger partial charge in [-0.25, -0.2) is 4.79 Å². The first-order valence-electron chi connectivity index (χ1n) is 5.98. The van der Waals surface area contributed by atoms with Gasteiger partial charge in [-0.2, -0.15) is 0 Å². The SMILES string of the molecule is COC(=O)C(C)NC(=O)Cc1cc(C)ccc1OC. The van der Waals surface area contributed by atoms with Gasteiger partial charge in [-0.1, -0.05) is 17.7 Å². The van der Waals surface area contributed by atoms with Gasteiger partial charge < -0.3 is 14.8 Å². The third-order valence-electron chi connectivity index (χ3n) is 2.72. The first kappa shape index (κ1) is 15.0. The number of nitrogens with one attached hydrogen (secondary N) is 1. The van der Waals surface area contributed by atoms with E-state index in [0.29, 0.717) is 5.75 Å². The summed E-state index contributed by atoms with van der Waals surface area (Å²) in [5.41, 5.74) is 1.83. The van der Waals surface area contributed by atoms with E-state index < -0.39 is 12.0 Å². The molecule has 0 fully saturated rings. The number of methoxy groups -OCH3 is 2. The number of esters is 1. The lowest BCUT2D eigenvalue weighted by Crippen LogP contribution is -2.39. The van der Waals surface area contributed by atoms with Crippen molar-refractivity contribution in [3.63, 3.8) is 0 Å². The topological polar surface area (TPSA) is 64.6 Å². The van der Waals surface area contributed by atoms with Crippen molar-refractivity contribution in [3.8, 4) is 5.75 Å². The van der Waals surface area contributed by atoms with Gasteiger partial charge in [0.25, 0.3) is 0 Å². The Bertz CT molecular complexity index is 471. The van der Waals surface area contributed by atoms with Crippen molar-refractivity contribution in [2.45, 2.75) is 26.3 Å². The van der Waals surface area contributed by atoms with Crippen molar-refractivity contribution in [1.29, 1.82) is 0 Å². The third-order valence-corrected chi connectivity index (χ3v) is 2.72. The summed E-state index contributed by atoms with van der Waals surface area (Å²) >= 11 is 0. The molecule has 1 rings (SSSR count). The fourth-order valence-electron chi connectivity index (χ4n) is 1.75. The van der Waals surface area contributed by atoms with Gasteiger partial charge in [0.15, 0.2) is 0 Å². The number of carbonyl (C=O) groups excluding carboxylic acids is 2. The number of aryl methyl sites for hydroxylation is 1. The van der Waals surface area contributed by atoms with Crippen LogP contribution in [0.3, 0.4) is 0 Å². The second-order valence-electron chi connectivity index (χ2n) is 4.30. The van der Waals surface area contributed by atoms with E-state index in [2.05, 4.69) is 10.1 Å². The maximum absolute atomic E-state index is 11.8. The Kier molecular flexibility index (Phi) is 5.36. The van der Waals surface area contributed by atoms with Gasteiger partial charge >= 0.3 is 5.97 Å². The normalized spacial score (nSPS) is 11.6. The third kappa shape index (κ3) is 4.28. The fourth-order valence-corrected chi connectivity index (χ4v) is 1.75. The predicted octanol–water partition coefficient (Wildman–Crippen LogP) is 1.22. The van der Waals surface area contributed by atoms with Gasteiger partial charge in [-0.05, 0) is 19.9 Å². The Labute approximate surface area is 112 Å². The van der Waals surface area contributed by atoms with Gasteiger partial charge in [0.2, 0.25) is 5.91 Å². The molecule has 1 unspecified atom stereocenters. The van der Waals surface area contributed by atoms with Crippen LogP contribution in [-0.2, 0) is 20.7 Å². The van der Waals surface area contributed by atoms with Crippen LogP contribution < -0.4 is 10.1 Å². The van der Waals surface area contributed by atoms with Crippen molar-refractivity contribution in [3.05, 3.63) is 29.3 Å². The van der Waals surface area contributed by atoms with Crippen LogP contribution in [0.15, 0.2) is 18.2 Å². The number of carbonyl (C=O) groups is 2. The molecule has 5 heteroatoms. The van der Waals surface area contributed by atoms with Gasteiger partial charge in [0, 0.05) is 5.56 Å². The smallest absolute Gasteiger partial charge is 0.328 e. The summed E-state index contributed by atoms with van der Waals surface area (Å²) < 4.78 is 9.75. The lowest BCUT2D eigenvalue weighted by molar-refractivity contribution is -0.144. The van der Waals surface area contributed by atoms with Crippen molar-refractivity contribution in [2.24, 2.45) is 0 Å². The molecule has 0 aromatic heterocycles. The van der Waals surface area contributed by atoms with Crippen LogP contribution in [0.5, 0.6) is 5.75 Å². The molecule has 0 spiro atoms. The van der Waals surface area contributed by atoms with Crippen molar-refractivity contribution in [2.75, 3.05) is 14.2 Å². The minimum atomic E-state index is -0.659. The molecule has 5 nitrogen and oxygen atoms in total. The zero-order valence-electron chi connectivity index (χ0n) is 11.6. The van der Waals surface area contributed by atoms with Gasteiger partial charge in [-0.15, -0.1) is 0 Å². The highest BCUT2D eigenvalue weighted by Gasteiger charge is 2.17. The Balaban J connectivity index is 2.71. The van der Waals surface area contributed by atoms with E-state index in [1.54, 1.807) is 14.0 Å². The van der Waals surface area contributed by atoms with Gasteiger partial charge in [0.1, 0.15) is 11.8 Å². The maximum Gasteiger partial charge on any atom is 0.328 e. The molecule has 1 N–H and O–H groups in total. The van der Waals surface area contributed by atoms with Crippen LogP contribution in [0.1, 0.15) is 18.1 Å². The molecule has 0 bridgehead atoms. The largest absolute Gasteiger partial charge is 0.496 e. The van der Waals surface area contributed by atoms with Crippen molar-refractivity contribution >= 4 is 11.9 Å². The van der Waals surface area contributed by atoms with Gasteiger partial charge in [0.05, 0.1) is 20.6 Å². The molecule has 1 amide bonds. The second kappa shape index (κ2) is 6.78. The number of amides is 1. The zero-order valence-corrected chi connectivity index (χ0v) is 11.6. The van der Waals surface area contributed by atoms with E-state index in [9.17, 15) is 9.59 Å². The first-order chi connectivity index (χ1) is 8.97. The lowest BCUT2D eigenvalue weighted by atomic mass is 10.1. The summed E-state index contributed by atoms with van der Waals surface area (Å²) in [6, 6.07) is 4.97. The Morgan fingerprint density at radius 3 is 2.58 bits per heavy atom. The van der Waals surface area contributed by atoms with Crippen LogP contribution in [0.4, 0.5) is 0 Å². The Hall–Kier alpha value is -2.04. The molecule has 1 aromatic carbocycles. The summed E-state index contributed by atoms with van der Waals surface area (Å²) in [6.45, 7) is 3.52. The Morgan fingerprint density at radius 1 is 1.32 bits per heavy atom. The van der Waals surface area contributed by atoms with E-state index in [1.165, 1.54) is 7.11 Å². The minimum Gasteiger partial charge on any atom is -0.496 e. The average Bonchev–Trinajstić information content (AvgIpc) is 2.37. The molecule has 0 heterocycles. The number of benzene rings is 1. The number of hydrogen-bond donors (Lipinski definition) is 1. The zero-order chi connectivity index (χ0) is 14.4. The van der Waals surface area contributed by atoms with Crippen LogP contribution in [-0.4, -0.2) is 32.1 Å². The molecule has 0 saturated heterocycles. The Morgan fingerprint density at radius 2 is 2.00 bits per heavy atom. The highest BCUT2D eigenvalue weighted by Crippen LogP contribution is 2.20. The molecule has 104 valence electrons. The van der Waals surface area contributed by atoms with Crippen LogP contribution in [0.25, 0.3) is 0 Å². The van der Waals surface area contributed by atoms with E-state index in [4.69, 9.17) is 4.74 Å². The summed E-state index contributed by atoms with van der Waals surface area (Å²) in [4.78, 5) is 23.1. The van der Waals surface area contributed by atoms with E-state index in [0.717, 1.165) is 11.1 Å². The van der Waals surface area contributed by atoms with Crippen molar-refractivity contribution < 1.29 is 19.1 Å². The molecule has 0 saturated carbocycles. The fraction of sp³-hybridized carbons (Fsp3) is 0.429. The van der Waals surface area contributed by atoms with E-state index in [1.807, 2.05) is 25.1 Å². The monoisotopic (exact) mass is 265 g/mol. The average molecular weight is 265 g/mol. The number of rotatable bonds is 5. The second-order valence-corrected chi connectivity index (χ2v) is 4.30. The first-order valence-corrected chi connectivity index (χ1v) is 5.98.